The molecule has 25 heavy (non-hydrogen) atoms. The Hall–Kier alpha value is -1.84. The van der Waals surface area contributed by atoms with Gasteiger partial charge in [-0.1, -0.05) is 18.2 Å². The van der Waals surface area contributed by atoms with Crippen LogP contribution in [0.4, 0.5) is 0 Å². The van der Waals surface area contributed by atoms with E-state index in [1.54, 1.807) is 19.1 Å². The standard InChI is InChI=1S/C21H28N2O2/c1-14(23-20(25)18-5-3-2-4-6-18)19(24)22-13-21-10-15-7-16(11-21)9-17(8-15)12-21/h2-6,14-17H,7-13H2,1H3,(H,22,24)(H,23,25). The molecule has 0 aromatic heterocycles. The first-order valence-corrected chi connectivity index (χ1v) is 9.67. The number of rotatable bonds is 5. The van der Waals surface area contributed by atoms with Crippen LogP contribution in [0.25, 0.3) is 0 Å². The third-order valence-electron chi connectivity index (χ3n) is 6.58. The predicted octanol–water partition coefficient (Wildman–Crippen LogP) is 3.14. The maximum Gasteiger partial charge on any atom is 0.251 e. The molecule has 0 saturated heterocycles. The van der Waals surface area contributed by atoms with E-state index in [1.165, 1.54) is 38.5 Å². The Kier molecular flexibility index (Phi) is 4.30. The molecule has 2 N–H and O–H groups in total. The lowest BCUT2D eigenvalue weighted by Gasteiger charge is -2.57. The second-order valence-electron chi connectivity index (χ2n) is 8.70. The Morgan fingerprint density at radius 1 is 1.04 bits per heavy atom. The van der Waals surface area contributed by atoms with Crippen molar-refractivity contribution in [2.24, 2.45) is 23.2 Å². The van der Waals surface area contributed by atoms with Crippen LogP contribution in [0, 0.1) is 23.2 Å². The highest BCUT2D eigenvalue weighted by atomic mass is 16.2. The maximum atomic E-state index is 12.5. The van der Waals surface area contributed by atoms with E-state index in [2.05, 4.69) is 10.6 Å². The molecule has 4 aliphatic rings. The lowest BCUT2D eigenvalue weighted by Crippen LogP contribution is -2.53. The number of hydrogen-bond acceptors (Lipinski definition) is 2. The number of hydrogen-bond donors (Lipinski definition) is 2. The molecule has 4 saturated carbocycles. The SMILES string of the molecule is CC(NC(=O)c1ccccc1)C(=O)NCC12CC3CC(CC(C3)C1)C2. The molecular weight excluding hydrogens is 312 g/mol. The normalized spacial score (nSPS) is 33.7. The summed E-state index contributed by atoms with van der Waals surface area (Å²) in [5.74, 6) is 2.40. The molecule has 1 atom stereocenters. The van der Waals surface area contributed by atoms with Crippen molar-refractivity contribution in [3.63, 3.8) is 0 Å². The summed E-state index contributed by atoms with van der Waals surface area (Å²) >= 11 is 0. The molecule has 0 spiro atoms. The number of nitrogens with one attached hydrogen (secondary N) is 2. The lowest BCUT2D eigenvalue weighted by atomic mass is 9.49. The van der Waals surface area contributed by atoms with Gasteiger partial charge in [0.25, 0.3) is 5.91 Å². The van der Waals surface area contributed by atoms with Gasteiger partial charge in [-0.25, -0.2) is 0 Å². The fourth-order valence-corrected chi connectivity index (χ4v) is 5.87. The zero-order valence-corrected chi connectivity index (χ0v) is 15.0. The molecule has 134 valence electrons. The van der Waals surface area contributed by atoms with Crippen molar-refractivity contribution in [3.8, 4) is 0 Å². The molecule has 4 heteroatoms. The number of carbonyl (C=O) groups excluding carboxylic acids is 2. The fraction of sp³-hybridized carbons (Fsp3) is 0.619. The molecule has 5 rings (SSSR count). The highest BCUT2D eigenvalue weighted by Crippen LogP contribution is 2.59. The first kappa shape index (κ1) is 16.6. The fourth-order valence-electron chi connectivity index (χ4n) is 5.87. The average Bonchev–Trinajstić information content (AvgIpc) is 2.59. The summed E-state index contributed by atoms with van der Waals surface area (Å²) in [7, 11) is 0. The van der Waals surface area contributed by atoms with Crippen LogP contribution in [0.15, 0.2) is 30.3 Å². The number of amides is 2. The Balaban J connectivity index is 1.31. The summed E-state index contributed by atoms with van der Waals surface area (Å²) in [6, 6.07) is 8.53. The Morgan fingerprint density at radius 3 is 2.16 bits per heavy atom. The molecule has 2 amide bonds. The van der Waals surface area contributed by atoms with E-state index >= 15 is 0 Å². The van der Waals surface area contributed by atoms with Crippen LogP contribution in [-0.2, 0) is 4.79 Å². The molecule has 4 fully saturated rings. The Bertz CT molecular complexity index is 620. The minimum Gasteiger partial charge on any atom is -0.354 e. The zero-order chi connectivity index (χ0) is 17.4. The van der Waals surface area contributed by atoms with Gasteiger partial charge in [0.1, 0.15) is 6.04 Å². The van der Waals surface area contributed by atoms with E-state index in [1.807, 2.05) is 18.2 Å². The van der Waals surface area contributed by atoms with Crippen LogP contribution < -0.4 is 10.6 Å². The van der Waals surface area contributed by atoms with E-state index in [0.717, 1.165) is 24.3 Å². The van der Waals surface area contributed by atoms with Crippen LogP contribution in [0.1, 0.15) is 55.8 Å². The molecule has 0 aliphatic heterocycles. The van der Waals surface area contributed by atoms with Crippen molar-refractivity contribution in [1.29, 1.82) is 0 Å². The summed E-state index contributed by atoms with van der Waals surface area (Å²) in [6.45, 7) is 2.54. The Labute approximate surface area is 149 Å². The van der Waals surface area contributed by atoms with E-state index in [9.17, 15) is 9.59 Å². The largest absolute Gasteiger partial charge is 0.354 e. The Morgan fingerprint density at radius 2 is 1.60 bits per heavy atom. The van der Waals surface area contributed by atoms with Crippen molar-refractivity contribution >= 4 is 11.8 Å². The maximum absolute atomic E-state index is 12.5. The van der Waals surface area contributed by atoms with E-state index < -0.39 is 6.04 Å². The third-order valence-corrected chi connectivity index (χ3v) is 6.58. The second kappa shape index (κ2) is 6.47. The number of benzene rings is 1. The average molecular weight is 340 g/mol. The van der Waals surface area contributed by atoms with E-state index in [0.29, 0.717) is 11.0 Å². The van der Waals surface area contributed by atoms with Crippen molar-refractivity contribution in [3.05, 3.63) is 35.9 Å². The summed E-state index contributed by atoms with van der Waals surface area (Å²) < 4.78 is 0. The van der Waals surface area contributed by atoms with Crippen LogP contribution in [0.2, 0.25) is 0 Å². The van der Waals surface area contributed by atoms with Crippen molar-refractivity contribution in [1.82, 2.24) is 10.6 Å². The zero-order valence-electron chi connectivity index (χ0n) is 15.0. The topological polar surface area (TPSA) is 58.2 Å². The van der Waals surface area contributed by atoms with Crippen molar-refractivity contribution in [2.45, 2.75) is 51.5 Å². The van der Waals surface area contributed by atoms with Gasteiger partial charge in [-0.2, -0.15) is 0 Å². The van der Waals surface area contributed by atoms with Gasteiger partial charge in [0.15, 0.2) is 0 Å². The molecule has 1 aromatic rings. The predicted molar refractivity (Wildman–Crippen MR) is 97.0 cm³/mol. The molecule has 0 heterocycles. The molecule has 1 aromatic carbocycles. The summed E-state index contributed by atoms with van der Waals surface area (Å²) in [6.07, 6.45) is 8.09. The van der Waals surface area contributed by atoms with Gasteiger partial charge in [-0.05, 0) is 80.8 Å². The van der Waals surface area contributed by atoms with Crippen LogP contribution in [0.3, 0.4) is 0 Å². The van der Waals surface area contributed by atoms with Gasteiger partial charge in [0.05, 0.1) is 0 Å². The van der Waals surface area contributed by atoms with Crippen LogP contribution in [0.5, 0.6) is 0 Å². The van der Waals surface area contributed by atoms with Crippen molar-refractivity contribution < 1.29 is 9.59 Å². The van der Waals surface area contributed by atoms with Gasteiger partial charge < -0.3 is 10.6 Å². The first-order valence-electron chi connectivity index (χ1n) is 9.67. The monoisotopic (exact) mass is 340 g/mol. The summed E-state index contributed by atoms with van der Waals surface area (Å²) in [4.78, 5) is 24.7. The minimum atomic E-state index is -0.512. The van der Waals surface area contributed by atoms with Gasteiger partial charge in [0.2, 0.25) is 5.91 Å². The highest BCUT2D eigenvalue weighted by Gasteiger charge is 2.50. The van der Waals surface area contributed by atoms with E-state index in [-0.39, 0.29) is 11.8 Å². The molecule has 4 bridgehead atoms. The molecular formula is C21H28N2O2. The summed E-state index contributed by atoms with van der Waals surface area (Å²) in [5.41, 5.74) is 0.913. The van der Waals surface area contributed by atoms with E-state index in [4.69, 9.17) is 0 Å². The third kappa shape index (κ3) is 3.44. The lowest BCUT2D eigenvalue weighted by molar-refractivity contribution is -0.124. The highest BCUT2D eigenvalue weighted by molar-refractivity contribution is 5.97. The first-order chi connectivity index (χ1) is 12.0. The van der Waals surface area contributed by atoms with Crippen molar-refractivity contribution in [2.75, 3.05) is 6.54 Å². The molecule has 4 nitrogen and oxygen atoms in total. The quantitative estimate of drug-likeness (QED) is 0.865. The van der Waals surface area contributed by atoms with Gasteiger partial charge in [-0.15, -0.1) is 0 Å². The van der Waals surface area contributed by atoms with Gasteiger partial charge in [0, 0.05) is 12.1 Å². The second-order valence-corrected chi connectivity index (χ2v) is 8.70. The minimum absolute atomic E-state index is 0.0694. The summed E-state index contributed by atoms with van der Waals surface area (Å²) in [5, 5.41) is 5.95. The van der Waals surface area contributed by atoms with Gasteiger partial charge in [-0.3, -0.25) is 9.59 Å². The molecule has 4 aliphatic carbocycles. The number of carbonyl (C=O) groups is 2. The molecule has 0 radical (unpaired) electrons. The smallest absolute Gasteiger partial charge is 0.251 e. The van der Waals surface area contributed by atoms with Crippen LogP contribution >= 0.6 is 0 Å². The van der Waals surface area contributed by atoms with Crippen LogP contribution in [-0.4, -0.2) is 24.4 Å². The molecule has 1 unspecified atom stereocenters. The van der Waals surface area contributed by atoms with Gasteiger partial charge >= 0.3 is 0 Å².